The fraction of sp³-hybridized carbons (Fsp3) is 0.810. The Labute approximate surface area is 316 Å². The third-order valence-corrected chi connectivity index (χ3v) is 12.8. The summed E-state index contributed by atoms with van der Waals surface area (Å²) >= 11 is 0. The van der Waals surface area contributed by atoms with E-state index in [0.717, 1.165) is 36.8 Å². The summed E-state index contributed by atoms with van der Waals surface area (Å²) in [6.45, 7) is 12.0. The Morgan fingerprint density at radius 3 is 2.36 bits per heavy atom. The lowest BCUT2D eigenvalue weighted by Crippen LogP contribution is -2.64. The standard InChI is InChI=1S/C42H65NO10/c1-9-30-21-25(2)20-26(3)22-33(49-7)37-34(50-8)23-29(6)42(48,53-37)38(45)39(46)43-19-13-11-14-31(43)40(47)51-36(27(4)16-17-32(30)44)28(5)24-41-18-12-10-15-35(41)52-41/h21,24,26-27,29-31,33-37,48H,9-20,22-23H2,1-8H3/t26?,27?,29?,30?,31?,33?,34?,35-,36?,37?,41+,42?/m0/s1. The zero-order valence-corrected chi connectivity index (χ0v) is 33.4. The molecule has 5 aliphatic rings. The molecule has 1 amide bonds. The quantitative estimate of drug-likeness (QED) is 0.153. The van der Waals surface area contributed by atoms with E-state index in [-0.39, 0.29) is 48.2 Å². The lowest BCUT2D eigenvalue weighted by atomic mass is 9.82. The number of esters is 1. The number of allylic oxidation sites excluding steroid dienone is 2. The number of aliphatic hydroxyl groups is 1. The van der Waals surface area contributed by atoms with Crippen LogP contribution in [0.3, 0.4) is 0 Å². The maximum absolute atomic E-state index is 14.2. The van der Waals surface area contributed by atoms with Gasteiger partial charge in [0.15, 0.2) is 0 Å². The minimum atomic E-state index is -2.44. The van der Waals surface area contributed by atoms with Crippen molar-refractivity contribution in [2.45, 2.75) is 173 Å². The van der Waals surface area contributed by atoms with Crippen LogP contribution < -0.4 is 0 Å². The molecule has 53 heavy (non-hydrogen) atoms. The van der Waals surface area contributed by atoms with Crippen molar-refractivity contribution in [2.24, 2.45) is 23.7 Å². The summed E-state index contributed by atoms with van der Waals surface area (Å²) in [5.74, 6) is -6.04. The predicted molar refractivity (Wildman–Crippen MR) is 199 cm³/mol. The zero-order valence-electron chi connectivity index (χ0n) is 33.4. The van der Waals surface area contributed by atoms with E-state index in [4.69, 9.17) is 23.7 Å². The highest BCUT2D eigenvalue weighted by Crippen LogP contribution is 2.50. The second-order valence-electron chi connectivity index (χ2n) is 16.9. The van der Waals surface area contributed by atoms with E-state index in [0.29, 0.717) is 51.4 Å². The largest absolute Gasteiger partial charge is 0.456 e. The molecule has 2 bridgehead atoms. The maximum atomic E-state index is 14.2. The van der Waals surface area contributed by atoms with Gasteiger partial charge in [-0.3, -0.25) is 14.4 Å². The molecule has 4 fully saturated rings. The van der Waals surface area contributed by atoms with E-state index in [1.165, 1.54) is 4.90 Å². The summed E-state index contributed by atoms with van der Waals surface area (Å²) in [5.41, 5.74) is 1.62. The molecular formula is C42H65NO10. The van der Waals surface area contributed by atoms with Gasteiger partial charge >= 0.3 is 5.97 Å². The van der Waals surface area contributed by atoms with Gasteiger partial charge < -0.3 is 33.7 Å². The van der Waals surface area contributed by atoms with Crippen LogP contribution >= 0.6 is 0 Å². The molecule has 10 unspecified atom stereocenters. The Morgan fingerprint density at radius 1 is 0.981 bits per heavy atom. The minimum Gasteiger partial charge on any atom is -0.456 e. The first-order valence-electron chi connectivity index (χ1n) is 20.3. The van der Waals surface area contributed by atoms with Crippen LogP contribution in [-0.2, 0) is 42.9 Å². The van der Waals surface area contributed by atoms with E-state index >= 15 is 0 Å². The first kappa shape index (κ1) is 41.7. The first-order chi connectivity index (χ1) is 25.2. The van der Waals surface area contributed by atoms with Crippen LogP contribution in [0.15, 0.2) is 23.3 Å². The van der Waals surface area contributed by atoms with Gasteiger partial charge in [0, 0.05) is 39.0 Å². The molecule has 5 rings (SSSR count). The highest BCUT2D eigenvalue weighted by molar-refractivity contribution is 6.39. The van der Waals surface area contributed by atoms with Gasteiger partial charge in [0.2, 0.25) is 5.79 Å². The molecule has 0 aromatic carbocycles. The molecule has 11 heteroatoms. The maximum Gasteiger partial charge on any atom is 0.329 e. The van der Waals surface area contributed by atoms with Crippen molar-refractivity contribution in [1.29, 1.82) is 0 Å². The molecule has 0 radical (unpaired) electrons. The fourth-order valence-corrected chi connectivity index (χ4v) is 9.53. The summed E-state index contributed by atoms with van der Waals surface area (Å²) in [5, 5.41) is 12.0. The molecule has 0 spiro atoms. The van der Waals surface area contributed by atoms with Gasteiger partial charge in [-0.15, -0.1) is 0 Å². The fourth-order valence-electron chi connectivity index (χ4n) is 9.53. The van der Waals surface area contributed by atoms with E-state index in [2.05, 4.69) is 19.1 Å². The van der Waals surface area contributed by atoms with Gasteiger partial charge in [0.25, 0.3) is 11.7 Å². The van der Waals surface area contributed by atoms with E-state index in [1.54, 1.807) is 21.1 Å². The molecule has 4 heterocycles. The Morgan fingerprint density at radius 2 is 1.68 bits per heavy atom. The summed E-state index contributed by atoms with van der Waals surface area (Å²) in [7, 11) is 3.12. The lowest BCUT2D eigenvalue weighted by molar-refractivity contribution is -0.302. The molecule has 0 aromatic heterocycles. The molecule has 3 saturated heterocycles. The number of ether oxygens (including phenoxy) is 5. The second-order valence-corrected chi connectivity index (χ2v) is 16.9. The van der Waals surface area contributed by atoms with Crippen molar-refractivity contribution in [3.63, 3.8) is 0 Å². The van der Waals surface area contributed by atoms with Crippen LogP contribution in [0.2, 0.25) is 0 Å². The number of rotatable bonds is 5. The number of Topliss-reactive ketones (excluding diaryl/α,β-unsaturated/α-hetero) is 2. The summed E-state index contributed by atoms with van der Waals surface area (Å²) < 4.78 is 30.5. The van der Waals surface area contributed by atoms with Gasteiger partial charge in [-0.05, 0) is 102 Å². The number of nitrogens with zero attached hydrogens (tertiary/aromatic N) is 1. The number of fused-ring (bicyclic) bond motifs is 4. The molecule has 0 aromatic rings. The smallest absolute Gasteiger partial charge is 0.329 e. The number of hydrogen-bond donors (Lipinski definition) is 1. The second kappa shape index (κ2) is 17.6. The zero-order chi connectivity index (χ0) is 38.7. The van der Waals surface area contributed by atoms with Crippen molar-refractivity contribution in [3.8, 4) is 0 Å². The Hall–Kier alpha value is -2.44. The van der Waals surface area contributed by atoms with E-state index in [1.807, 2.05) is 27.7 Å². The summed E-state index contributed by atoms with van der Waals surface area (Å²) in [6.07, 6.45) is 10.6. The van der Waals surface area contributed by atoms with Gasteiger partial charge in [-0.2, -0.15) is 0 Å². The molecule has 1 saturated carbocycles. The number of piperidine rings is 1. The number of hydrogen-bond acceptors (Lipinski definition) is 10. The number of carbonyl (C=O) groups excluding carboxylic acids is 4. The van der Waals surface area contributed by atoms with Crippen molar-refractivity contribution < 1.29 is 48.0 Å². The highest BCUT2D eigenvalue weighted by atomic mass is 16.7. The van der Waals surface area contributed by atoms with Crippen LogP contribution in [0.4, 0.5) is 0 Å². The van der Waals surface area contributed by atoms with Crippen LogP contribution in [0.25, 0.3) is 0 Å². The van der Waals surface area contributed by atoms with Gasteiger partial charge in [-0.25, -0.2) is 4.79 Å². The molecule has 4 aliphatic heterocycles. The van der Waals surface area contributed by atoms with Crippen molar-refractivity contribution >= 4 is 23.4 Å². The summed E-state index contributed by atoms with van der Waals surface area (Å²) in [4.78, 5) is 57.5. The number of epoxide rings is 1. The van der Waals surface area contributed by atoms with Crippen LogP contribution in [0.1, 0.15) is 125 Å². The first-order valence-corrected chi connectivity index (χ1v) is 20.3. The highest BCUT2D eigenvalue weighted by Gasteiger charge is 2.57. The molecule has 298 valence electrons. The SMILES string of the molecule is CCC1C=C(C)CC(C)CC(OC)C2OC(O)(C(=O)C(=O)N3CCCCC3C(=O)OC(C(C)=C[C@]34CCCC[C@@H]3O4)C(C)CCC1=O)C(C)CC2OC. The van der Waals surface area contributed by atoms with E-state index in [9.17, 15) is 24.3 Å². The number of ketones is 2. The number of amides is 1. The number of methoxy groups -OCH3 is 2. The average molecular weight is 744 g/mol. The normalized spacial score (nSPS) is 41.4. The van der Waals surface area contributed by atoms with Crippen LogP contribution in [0, 0.1) is 23.7 Å². The third kappa shape index (κ3) is 9.17. The summed E-state index contributed by atoms with van der Waals surface area (Å²) in [6, 6.07) is -1.01. The number of carbonyl (C=O) groups is 4. The molecule has 11 nitrogen and oxygen atoms in total. The van der Waals surface area contributed by atoms with Gasteiger partial charge in [0.1, 0.15) is 29.6 Å². The lowest BCUT2D eigenvalue weighted by Gasteiger charge is -2.47. The Balaban J connectivity index is 1.50. The van der Waals surface area contributed by atoms with Gasteiger partial charge in [0.05, 0.1) is 18.3 Å². The monoisotopic (exact) mass is 743 g/mol. The molecule has 1 aliphatic carbocycles. The Bertz CT molecular complexity index is 1410. The number of cyclic esters (lactones) is 1. The molecular weight excluding hydrogens is 678 g/mol. The minimum absolute atomic E-state index is 0.107. The predicted octanol–water partition coefficient (Wildman–Crippen LogP) is 6.04. The van der Waals surface area contributed by atoms with Gasteiger partial charge in [-0.1, -0.05) is 52.2 Å². The van der Waals surface area contributed by atoms with Crippen LogP contribution in [-0.4, -0.2) is 102 Å². The van der Waals surface area contributed by atoms with E-state index < -0.39 is 59.8 Å². The van der Waals surface area contributed by atoms with Crippen LogP contribution in [0.5, 0.6) is 0 Å². The third-order valence-electron chi connectivity index (χ3n) is 12.8. The van der Waals surface area contributed by atoms with Crippen molar-refractivity contribution in [3.05, 3.63) is 23.3 Å². The molecule has 12 atom stereocenters. The molecule has 1 N–H and O–H groups in total. The Kier molecular flexibility index (Phi) is 13.8. The van der Waals surface area contributed by atoms with Crippen molar-refractivity contribution in [2.75, 3.05) is 20.8 Å². The average Bonchev–Trinajstić information content (AvgIpc) is 3.87. The topological polar surface area (TPSA) is 141 Å². The van der Waals surface area contributed by atoms with Crippen molar-refractivity contribution in [1.82, 2.24) is 4.90 Å².